The highest BCUT2D eigenvalue weighted by Crippen LogP contribution is 2.44. The number of rotatable bonds is 6. The van der Waals surface area contributed by atoms with Crippen molar-refractivity contribution < 1.29 is 4.74 Å². The van der Waals surface area contributed by atoms with Crippen molar-refractivity contribution in [3.05, 3.63) is 35.9 Å². The van der Waals surface area contributed by atoms with Crippen molar-refractivity contribution in [2.45, 2.75) is 6.61 Å². The molecule has 2 rings (SSSR count). The van der Waals surface area contributed by atoms with E-state index in [-0.39, 0.29) is 0 Å². The summed E-state index contributed by atoms with van der Waals surface area (Å²) in [4.78, 5) is 0. The molecule has 0 saturated heterocycles. The molecule has 1 aliphatic rings. The highest BCUT2D eigenvalue weighted by atomic mass is 16.5. The molecule has 0 bridgehead atoms. The number of benzene rings is 1. The summed E-state index contributed by atoms with van der Waals surface area (Å²) >= 11 is 0. The van der Waals surface area contributed by atoms with E-state index in [9.17, 15) is 0 Å². The van der Waals surface area contributed by atoms with Crippen LogP contribution < -0.4 is 11.5 Å². The molecule has 1 aromatic rings. The van der Waals surface area contributed by atoms with Gasteiger partial charge in [0.25, 0.3) is 0 Å². The standard InChI is InChI=1S/C13H20N2O/c14-6-11-12(7-15)13(11)9-16-8-10-4-2-1-3-5-10/h1-5,11-13H,6-9,14-15H2/t11-,12+,13?. The van der Waals surface area contributed by atoms with Gasteiger partial charge in [-0.25, -0.2) is 0 Å². The predicted octanol–water partition coefficient (Wildman–Crippen LogP) is 0.983. The maximum absolute atomic E-state index is 5.70. The second-order valence-corrected chi connectivity index (χ2v) is 4.46. The first-order valence-electron chi connectivity index (χ1n) is 5.88. The van der Waals surface area contributed by atoms with E-state index in [0.29, 0.717) is 24.4 Å². The zero-order chi connectivity index (χ0) is 11.4. The number of hydrogen-bond acceptors (Lipinski definition) is 3. The van der Waals surface area contributed by atoms with E-state index in [1.807, 2.05) is 18.2 Å². The van der Waals surface area contributed by atoms with Gasteiger partial charge in [0.05, 0.1) is 13.2 Å². The summed E-state index contributed by atoms with van der Waals surface area (Å²) in [6, 6.07) is 10.2. The second kappa shape index (κ2) is 5.43. The Kier molecular flexibility index (Phi) is 3.93. The van der Waals surface area contributed by atoms with Crippen LogP contribution in [0.4, 0.5) is 0 Å². The van der Waals surface area contributed by atoms with Gasteiger partial charge in [-0.05, 0) is 36.4 Å². The third-order valence-corrected chi connectivity index (χ3v) is 3.48. The van der Waals surface area contributed by atoms with E-state index in [1.54, 1.807) is 0 Å². The zero-order valence-electron chi connectivity index (χ0n) is 9.51. The SMILES string of the molecule is NC[C@@H]1C(COCc2ccccc2)[C@@H]1CN. The zero-order valence-corrected chi connectivity index (χ0v) is 9.51. The summed E-state index contributed by atoms with van der Waals surface area (Å²) < 4.78 is 5.70. The molecule has 0 heterocycles. The average Bonchev–Trinajstić information content (AvgIpc) is 3.03. The maximum Gasteiger partial charge on any atom is 0.0717 e. The first-order valence-corrected chi connectivity index (χ1v) is 5.88. The highest BCUT2D eigenvalue weighted by molar-refractivity contribution is 5.13. The molecule has 3 heteroatoms. The van der Waals surface area contributed by atoms with Crippen LogP contribution in [0.2, 0.25) is 0 Å². The smallest absolute Gasteiger partial charge is 0.0717 e. The van der Waals surface area contributed by atoms with Gasteiger partial charge in [-0.2, -0.15) is 0 Å². The lowest BCUT2D eigenvalue weighted by Crippen LogP contribution is -2.08. The van der Waals surface area contributed by atoms with Crippen molar-refractivity contribution in [3.8, 4) is 0 Å². The van der Waals surface area contributed by atoms with Crippen molar-refractivity contribution in [2.24, 2.45) is 29.2 Å². The summed E-state index contributed by atoms with van der Waals surface area (Å²) in [5.74, 6) is 1.75. The minimum absolute atomic E-state index is 0.582. The molecule has 0 spiro atoms. The van der Waals surface area contributed by atoms with Crippen molar-refractivity contribution in [3.63, 3.8) is 0 Å². The molecular formula is C13H20N2O. The lowest BCUT2D eigenvalue weighted by atomic mass is 10.2. The molecule has 3 atom stereocenters. The van der Waals surface area contributed by atoms with Crippen LogP contribution in [-0.4, -0.2) is 19.7 Å². The first kappa shape index (κ1) is 11.6. The summed E-state index contributed by atoms with van der Waals surface area (Å²) in [7, 11) is 0. The lowest BCUT2D eigenvalue weighted by molar-refractivity contribution is 0.105. The Bertz CT molecular complexity index is 305. The molecule has 0 aliphatic heterocycles. The van der Waals surface area contributed by atoms with E-state index in [1.165, 1.54) is 5.56 Å². The molecule has 0 aromatic heterocycles. The summed E-state index contributed by atoms with van der Waals surface area (Å²) in [5.41, 5.74) is 12.5. The van der Waals surface area contributed by atoms with Gasteiger partial charge >= 0.3 is 0 Å². The Hall–Kier alpha value is -0.900. The van der Waals surface area contributed by atoms with E-state index >= 15 is 0 Å². The quantitative estimate of drug-likeness (QED) is 0.751. The van der Waals surface area contributed by atoms with Crippen LogP contribution in [-0.2, 0) is 11.3 Å². The molecule has 88 valence electrons. The van der Waals surface area contributed by atoms with Crippen molar-refractivity contribution in [1.82, 2.24) is 0 Å². The molecule has 1 saturated carbocycles. The Morgan fingerprint density at radius 3 is 2.12 bits per heavy atom. The molecule has 16 heavy (non-hydrogen) atoms. The van der Waals surface area contributed by atoms with Crippen molar-refractivity contribution in [2.75, 3.05) is 19.7 Å². The molecule has 4 N–H and O–H groups in total. The van der Waals surface area contributed by atoms with Gasteiger partial charge in [0.2, 0.25) is 0 Å². The van der Waals surface area contributed by atoms with Crippen LogP contribution in [0, 0.1) is 17.8 Å². The largest absolute Gasteiger partial charge is 0.376 e. The van der Waals surface area contributed by atoms with Crippen LogP contribution in [0.25, 0.3) is 0 Å². The van der Waals surface area contributed by atoms with Gasteiger partial charge in [0, 0.05) is 0 Å². The Labute approximate surface area is 96.8 Å². The first-order chi connectivity index (χ1) is 7.86. The lowest BCUT2D eigenvalue weighted by Gasteiger charge is -2.03. The number of hydrogen-bond donors (Lipinski definition) is 2. The van der Waals surface area contributed by atoms with Crippen molar-refractivity contribution in [1.29, 1.82) is 0 Å². The molecule has 0 radical (unpaired) electrons. The van der Waals surface area contributed by atoms with Gasteiger partial charge < -0.3 is 16.2 Å². The summed E-state index contributed by atoms with van der Waals surface area (Å²) in [5, 5.41) is 0. The van der Waals surface area contributed by atoms with E-state index in [4.69, 9.17) is 16.2 Å². The second-order valence-electron chi connectivity index (χ2n) is 4.46. The Balaban J connectivity index is 1.70. The Morgan fingerprint density at radius 2 is 1.56 bits per heavy atom. The molecule has 1 aromatic carbocycles. The van der Waals surface area contributed by atoms with Gasteiger partial charge in [0.1, 0.15) is 0 Å². The monoisotopic (exact) mass is 220 g/mol. The maximum atomic E-state index is 5.70. The van der Waals surface area contributed by atoms with Crippen LogP contribution in [0.15, 0.2) is 30.3 Å². The third-order valence-electron chi connectivity index (χ3n) is 3.48. The molecule has 1 aliphatic carbocycles. The Morgan fingerprint density at radius 1 is 0.938 bits per heavy atom. The van der Waals surface area contributed by atoms with E-state index in [2.05, 4.69) is 12.1 Å². The molecule has 1 unspecified atom stereocenters. The van der Waals surface area contributed by atoms with Crippen molar-refractivity contribution >= 4 is 0 Å². The minimum Gasteiger partial charge on any atom is -0.376 e. The van der Waals surface area contributed by atoms with Crippen LogP contribution in [0.5, 0.6) is 0 Å². The van der Waals surface area contributed by atoms with Crippen LogP contribution in [0.3, 0.4) is 0 Å². The van der Waals surface area contributed by atoms with Crippen LogP contribution in [0.1, 0.15) is 5.56 Å². The topological polar surface area (TPSA) is 61.3 Å². The fraction of sp³-hybridized carbons (Fsp3) is 0.538. The van der Waals surface area contributed by atoms with Gasteiger partial charge in [-0.15, -0.1) is 0 Å². The summed E-state index contributed by atoms with van der Waals surface area (Å²) in [6.07, 6.45) is 0. The normalized spacial score (nSPS) is 28.0. The molecule has 1 fully saturated rings. The average molecular weight is 220 g/mol. The number of nitrogens with two attached hydrogens (primary N) is 2. The molecule has 3 nitrogen and oxygen atoms in total. The third kappa shape index (κ3) is 2.61. The summed E-state index contributed by atoms with van der Waals surface area (Å²) in [6.45, 7) is 2.95. The van der Waals surface area contributed by atoms with Gasteiger partial charge in [-0.1, -0.05) is 30.3 Å². The fourth-order valence-electron chi connectivity index (χ4n) is 2.36. The minimum atomic E-state index is 0.582. The van der Waals surface area contributed by atoms with Gasteiger partial charge in [0.15, 0.2) is 0 Å². The number of ether oxygens (including phenoxy) is 1. The van der Waals surface area contributed by atoms with E-state index in [0.717, 1.165) is 19.7 Å². The molecular weight excluding hydrogens is 200 g/mol. The highest BCUT2D eigenvalue weighted by Gasteiger charge is 2.47. The fourth-order valence-corrected chi connectivity index (χ4v) is 2.36. The van der Waals surface area contributed by atoms with Gasteiger partial charge in [-0.3, -0.25) is 0 Å². The van der Waals surface area contributed by atoms with Crippen LogP contribution >= 0.6 is 0 Å². The molecule has 0 amide bonds. The van der Waals surface area contributed by atoms with E-state index < -0.39 is 0 Å². The predicted molar refractivity (Wildman–Crippen MR) is 64.7 cm³/mol.